The number of aromatic nitrogens is 2. The van der Waals surface area contributed by atoms with Crippen LogP contribution in [-0.2, 0) is 0 Å². The summed E-state index contributed by atoms with van der Waals surface area (Å²) >= 11 is 6.36. The topological polar surface area (TPSA) is 50.6 Å². The molecule has 0 amide bonds. The van der Waals surface area contributed by atoms with Crippen molar-refractivity contribution in [1.82, 2.24) is 9.97 Å². The van der Waals surface area contributed by atoms with Gasteiger partial charge in [-0.05, 0) is 53.6 Å². The molecule has 6 heteroatoms. The van der Waals surface area contributed by atoms with Gasteiger partial charge in [-0.1, -0.05) is 72.3 Å². The molecule has 1 aromatic heterocycles. The predicted octanol–water partition coefficient (Wildman–Crippen LogP) is 7.31. The van der Waals surface area contributed by atoms with E-state index in [1.807, 2.05) is 71.7 Å². The highest BCUT2D eigenvalue weighted by molar-refractivity contribution is 6.31. The molecule has 1 unspecified atom stereocenters. The van der Waals surface area contributed by atoms with Crippen LogP contribution in [0, 0.1) is 0 Å². The van der Waals surface area contributed by atoms with Crippen molar-refractivity contribution < 1.29 is 4.74 Å². The van der Waals surface area contributed by atoms with Crippen LogP contribution in [0.1, 0.15) is 23.6 Å². The number of benzene rings is 4. The van der Waals surface area contributed by atoms with Crippen LogP contribution in [0.25, 0.3) is 22.2 Å². The van der Waals surface area contributed by atoms with Crippen molar-refractivity contribution in [1.29, 1.82) is 0 Å². The Labute approximate surface area is 214 Å². The summed E-state index contributed by atoms with van der Waals surface area (Å²) < 4.78 is 5.34. The molecule has 0 bridgehead atoms. The molecule has 4 aromatic carbocycles. The zero-order chi connectivity index (χ0) is 24.5. The fourth-order valence-electron chi connectivity index (χ4n) is 4.59. The number of halogens is 1. The van der Waals surface area contributed by atoms with Crippen molar-refractivity contribution in [3.8, 4) is 17.0 Å². The molecule has 36 heavy (non-hydrogen) atoms. The second-order valence-corrected chi connectivity index (χ2v) is 9.09. The van der Waals surface area contributed by atoms with Gasteiger partial charge in [-0.15, -0.1) is 0 Å². The molecule has 0 saturated heterocycles. The molecular formula is C30H23ClN4O. The molecule has 0 fully saturated rings. The Kier molecular flexibility index (Phi) is 5.84. The lowest BCUT2D eigenvalue weighted by atomic mass is 9.98. The number of nitrogens with zero attached hydrogens (tertiary/aromatic N) is 4. The van der Waals surface area contributed by atoms with Crippen LogP contribution < -0.4 is 9.75 Å². The molecule has 1 atom stereocenters. The highest BCUT2D eigenvalue weighted by Gasteiger charge is 2.32. The minimum absolute atomic E-state index is 0.0309. The number of anilines is 1. The van der Waals surface area contributed by atoms with E-state index in [0.717, 1.165) is 51.2 Å². The normalized spacial score (nSPS) is 15.2. The Bertz CT molecular complexity index is 1550. The van der Waals surface area contributed by atoms with Crippen molar-refractivity contribution in [2.75, 3.05) is 12.1 Å². The predicted molar refractivity (Wildman–Crippen MR) is 146 cm³/mol. The summed E-state index contributed by atoms with van der Waals surface area (Å²) in [6, 6.07) is 34.2. The fourth-order valence-corrected chi connectivity index (χ4v) is 4.77. The third kappa shape index (κ3) is 4.18. The highest BCUT2D eigenvalue weighted by Crippen LogP contribution is 2.38. The van der Waals surface area contributed by atoms with Crippen molar-refractivity contribution in [3.05, 3.63) is 119 Å². The van der Waals surface area contributed by atoms with Crippen molar-refractivity contribution in [2.24, 2.45) is 5.10 Å². The Balaban J connectivity index is 1.52. The lowest BCUT2D eigenvalue weighted by molar-refractivity contribution is 0.415. The first-order valence-corrected chi connectivity index (χ1v) is 12.2. The van der Waals surface area contributed by atoms with E-state index >= 15 is 0 Å². The van der Waals surface area contributed by atoms with Crippen LogP contribution >= 0.6 is 11.6 Å². The van der Waals surface area contributed by atoms with Gasteiger partial charge in [-0.3, -0.25) is 0 Å². The summed E-state index contributed by atoms with van der Waals surface area (Å²) in [5, 5.41) is 8.57. The van der Waals surface area contributed by atoms with E-state index in [2.05, 4.69) is 36.4 Å². The number of rotatable bonds is 5. The van der Waals surface area contributed by atoms with E-state index in [0.29, 0.717) is 11.0 Å². The minimum atomic E-state index is -0.0309. The second-order valence-electron chi connectivity index (χ2n) is 8.65. The maximum Gasteiger partial charge on any atom is 0.247 e. The SMILES string of the molecule is COc1ccc(C2=NN(c3nc(-c4ccccc4)c4cc(Cl)ccc4n3)C(c3ccccc3)C2)cc1. The Hall–Kier alpha value is -4.22. The first-order chi connectivity index (χ1) is 17.7. The summed E-state index contributed by atoms with van der Waals surface area (Å²) in [4.78, 5) is 10.00. The average Bonchev–Trinajstić information content (AvgIpc) is 3.39. The number of hydrogen-bond acceptors (Lipinski definition) is 5. The maximum atomic E-state index is 6.36. The average molecular weight is 491 g/mol. The summed E-state index contributed by atoms with van der Waals surface area (Å²) in [5.74, 6) is 1.37. The van der Waals surface area contributed by atoms with Gasteiger partial charge in [0.05, 0.1) is 30.1 Å². The van der Waals surface area contributed by atoms with E-state index in [4.69, 9.17) is 31.4 Å². The molecule has 0 saturated carbocycles. The number of methoxy groups -OCH3 is 1. The number of hydrazone groups is 1. The lowest BCUT2D eigenvalue weighted by Crippen LogP contribution is -2.21. The van der Waals surface area contributed by atoms with Crippen molar-refractivity contribution in [2.45, 2.75) is 12.5 Å². The summed E-state index contributed by atoms with van der Waals surface area (Å²) in [6.07, 6.45) is 0.735. The van der Waals surface area contributed by atoms with Crippen LogP contribution in [-0.4, -0.2) is 22.8 Å². The first kappa shape index (κ1) is 22.3. The molecule has 1 aliphatic rings. The minimum Gasteiger partial charge on any atom is -0.497 e. The van der Waals surface area contributed by atoms with Gasteiger partial charge in [0.1, 0.15) is 5.75 Å². The molecule has 1 aliphatic heterocycles. The molecular weight excluding hydrogens is 468 g/mol. The third-order valence-corrected chi connectivity index (χ3v) is 6.65. The van der Waals surface area contributed by atoms with Crippen LogP contribution in [0.5, 0.6) is 5.75 Å². The van der Waals surface area contributed by atoms with Gasteiger partial charge in [-0.2, -0.15) is 5.10 Å². The van der Waals surface area contributed by atoms with E-state index in [9.17, 15) is 0 Å². The largest absolute Gasteiger partial charge is 0.497 e. The van der Waals surface area contributed by atoms with Crippen molar-refractivity contribution >= 4 is 34.2 Å². The lowest BCUT2D eigenvalue weighted by Gasteiger charge is -2.23. The molecule has 0 N–H and O–H groups in total. The fraction of sp³-hybridized carbons (Fsp3) is 0.100. The zero-order valence-electron chi connectivity index (χ0n) is 19.7. The van der Waals surface area contributed by atoms with Gasteiger partial charge >= 0.3 is 0 Å². The number of hydrogen-bond donors (Lipinski definition) is 0. The zero-order valence-corrected chi connectivity index (χ0v) is 20.4. The first-order valence-electron chi connectivity index (χ1n) is 11.8. The number of fused-ring (bicyclic) bond motifs is 1. The monoisotopic (exact) mass is 490 g/mol. The van der Waals surface area contributed by atoms with Crippen LogP contribution in [0.3, 0.4) is 0 Å². The Morgan fingerprint density at radius 2 is 1.53 bits per heavy atom. The second kappa shape index (κ2) is 9.44. The molecule has 6 rings (SSSR count). The molecule has 0 spiro atoms. The summed E-state index contributed by atoms with van der Waals surface area (Å²) in [7, 11) is 1.67. The highest BCUT2D eigenvalue weighted by atomic mass is 35.5. The van der Waals surface area contributed by atoms with Gasteiger partial charge in [0.25, 0.3) is 0 Å². The van der Waals surface area contributed by atoms with Gasteiger partial charge in [0, 0.05) is 22.4 Å². The van der Waals surface area contributed by atoms with Gasteiger partial charge in [0.15, 0.2) is 0 Å². The summed E-state index contributed by atoms with van der Waals surface area (Å²) in [6.45, 7) is 0. The third-order valence-electron chi connectivity index (χ3n) is 6.42. The molecule has 0 radical (unpaired) electrons. The smallest absolute Gasteiger partial charge is 0.247 e. The van der Waals surface area contributed by atoms with E-state index in [1.165, 1.54) is 0 Å². The molecule has 176 valence electrons. The van der Waals surface area contributed by atoms with E-state index in [-0.39, 0.29) is 6.04 Å². The van der Waals surface area contributed by atoms with Crippen molar-refractivity contribution in [3.63, 3.8) is 0 Å². The van der Waals surface area contributed by atoms with Gasteiger partial charge in [0.2, 0.25) is 5.95 Å². The van der Waals surface area contributed by atoms with Gasteiger partial charge < -0.3 is 4.74 Å². The van der Waals surface area contributed by atoms with E-state index < -0.39 is 0 Å². The number of ether oxygens (including phenoxy) is 1. The Morgan fingerprint density at radius 3 is 2.25 bits per heavy atom. The molecule has 2 heterocycles. The standard InChI is InChI=1S/C30H23ClN4O/c1-36-24-15-12-20(13-16-24)27-19-28(21-8-4-2-5-9-21)35(34-27)30-32-26-17-14-23(31)18-25(26)29(33-30)22-10-6-3-7-11-22/h2-18,28H,19H2,1H3. The van der Waals surface area contributed by atoms with E-state index in [1.54, 1.807) is 7.11 Å². The van der Waals surface area contributed by atoms with Crippen LogP contribution in [0.2, 0.25) is 5.02 Å². The van der Waals surface area contributed by atoms with Gasteiger partial charge in [-0.25, -0.2) is 15.0 Å². The molecule has 5 nitrogen and oxygen atoms in total. The molecule has 0 aliphatic carbocycles. The molecule has 5 aromatic rings. The maximum absolute atomic E-state index is 6.36. The Morgan fingerprint density at radius 1 is 0.806 bits per heavy atom. The quantitative estimate of drug-likeness (QED) is 0.259. The van der Waals surface area contributed by atoms with Crippen LogP contribution in [0.15, 0.2) is 108 Å². The summed E-state index contributed by atoms with van der Waals surface area (Å²) in [5.41, 5.74) is 5.85. The van der Waals surface area contributed by atoms with Crippen LogP contribution in [0.4, 0.5) is 5.95 Å².